The first kappa shape index (κ1) is 35.9. The summed E-state index contributed by atoms with van der Waals surface area (Å²) in [5, 5.41) is 0. The molecule has 4 aromatic carbocycles. The molecule has 6 rings (SSSR count). The van der Waals surface area contributed by atoms with Gasteiger partial charge in [-0.05, 0) is 0 Å². The Bertz CT molecular complexity index is 1800. The van der Waals surface area contributed by atoms with Gasteiger partial charge in [-0.3, -0.25) is 0 Å². The molecule has 0 N–H and O–H groups in total. The van der Waals surface area contributed by atoms with E-state index in [2.05, 4.69) is 159 Å². The van der Waals surface area contributed by atoms with E-state index in [0.29, 0.717) is 13.2 Å². The van der Waals surface area contributed by atoms with Crippen molar-refractivity contribution in [3.8, 4) is 22.3 Å². The molecule has 0 bridgehead atoms. The maximum Gasteiger partial charge on any atom is -1.00 e. The maximum absolute atomic E-state index is 2.64. The van der Waals surface area contributed by atoms with Crippen molar-refractivity contribution in [2.75, 3.05) is 0 Å². The number of rotatable bonds is 5. The number of hydrogen-bond acceptors (Lipinski definition) is 0. The zero-order chi connectivity index (χ0) is 30.6. The van der Waals surface area contributed by atoms with Crippen LogP contribution >= 0.6 is 0 Å². The minimum atomic E-state index is -2.19. The molecule has 0 saturated carbocycles. The van der Waals surface area contributed by atoms with Crippen molar-refractivity contribution in [1.82, 2.24) is 0 Å². The van der Waals surface area contributed by atoms with Gasteiger partial charge in [0.05, 0.1) is 0 Å². The Morgan fingerprint density at radius 1 is 0.667 bits per heavy atom. The third kappa shape index (κ3) is 6.60. The van der Waals surface area contributed by atoms with Crippen molar-refractivity contribution >= 4 is 17.6 Å². The summed E-state index contributed by atoms with van der Waals surface area (Å²) in [6.45, 7) is 21.9. The van der Waals surface area contributed by atoms with Crippen molar-refractivity contribution in [3.63, 3.8) is 0 Å². The predicted molar refractivity (Wildman–Crippen MR) is 187 cm³/mol. The van der Waals surface area contributed by atoms with E-state index in [9.17, 15) is 0 Å². The van der Waals surface area contributed by atoms with Gasteiger partial charge in [0.1, 0.15) is 0 Å². The standard InChI is InChI=1S/C21H23.C18H17.C2H6Si.2ClH.Zr/c1-14-12-19-15(2)6-11-18(20(19)13-14)16-7-9-17(10-8-16)21(3,4)5;1-13(2)16-11-15-9-6-10-17(18(15)12-16)14-7-4-3-5-8-14;1-3-2;;;/h6-13H,1-5H3;3-13H,1-2H3;1-2H3;2*1H;/q;;;;;+2/p-2. The van der Waals surface area contributed by atoms with Crippen LogP contribution in [-0.4, -0.2) is 5.43 Å². The molecular weight excluding hydrogens is 683 g/mol. The minimum absolute atomic E-state index is 0. The number of aryl methyl sites for hydroxylation is 1. The molecule has 2 aliphatic rings. The van der Waals surface area contributed by atoms with Crippen molar-refractivity contribution in [2.24, 2.45) is 5.92 Å². The van der Waals surface area contributed by atoms with Gasteiger partial charge in [-0.1, -0.05) is 0 Å². The van der Waals surface area contributed by atoms with E-state index in [1.165, 1.54) is 44.5 Å². The van der Waals surface area contributed by atoms with Crippen LogP contribution in [0.4, 0.5) is 0 Å². The molecule has 0 fully saturated rings. The van der Waals surface area contributed by atoms with Gasteiger partial charge in [0.15, 0.2) is 0 Å². The van der Waals surface area contributed by atoms with Crippen molar-refractivity contribution in [3.05, 3.63) is 129 Å². The van der Waals surface area contributed by atoms with Gasteiger partial charge >= 0.3 is 270 Å². The van der Waals surface area contributed by atoms with E-state index < -0.39 is 25.8 Å². The molecule has 45 heavy (non-hydrogen) atoms. The van der Waals surface area contributed by atoms with Gasteiger partial charge in [-0.15, -0.1) is 0 Å². The Morgan fingerprint density at radius 3 is 1.89 bits per heavy atom. The summed E-state index contributed by atoms with van der Waals surface area (Å²) in [5.41, 5.74) is 17.6. The summed E-state index contributed by atoms with van der Waals surface area (Å²) in [7, 11) is 0. The number of hydrogen-bond donors (Lipinski definition) is 0. The average Bonchev–Trinajstić information content (AvgIpc) is 3.52. The second-order valence-corrected chi connectivity index (χ2v) is 32.1. The largest absolute Gasteiger partial charge is 1.00 e. The zero-order valence-corrected chi connectivity index (χ0v) is 33.2. The third-order valence-electron chi connectivity index (χ3n) is 9.73. The quantitative estimate of drug-likeness (QED) is 0.230. The zero-order valence-electron chi connectivity index (χ0n) is 28.2. The van der Waals surface area contributed by atoms with Crippen LogP contribution in [0.1, 0.15) is 82.2 Å². The fraction of sp³-hybridized carbons (Fsp3) is 0.317. The Labute approximate surface area is 292 Å². The molecule has 0 aliphatic heterocycles. The Kier molecular flexibility index (Phi) is 11.2. The monoisotopic (exact) mass is 726 g/mol. The molecule has 0 heterocycles. The Balaban J connectivity index is 0.00000230. The molecule has 0 spiro atoms. The second kappa shape index (κ2) is 14.0. The van der Waals surface area contributed by atoms with Crippen LogP contribution in [0.15, 0.2) is 96.1 Å². The first-order chi connectivity index (χ1) is 20.5. The van der Waals surface area contributed by atoms with Crippen LogP contribution in [-0.2, 0) is 25.8 Å². The van der Waals surface area contributed by atoms with Crippen LogP contribution < -0.4 is 24.8 Å². The van der Waals surface area contributed by atoms with Crippen LogP contribution in [0.25, 0.3) is 34.4 Å². The molecule has 0 aromatic heterocycles. The van der Waals surface area contributed by atoms with E-state index >= 15 is 0 Å². The fourth-order valence-corrected chi connectivity index (χ4v) is 28.6. The molecule has 4 aromatic rings. The summed E-state index contributed by atoms with van der Waals surface area (Å²) in [6.07, 6.45) is 5.20. The van der Waals surface area contributed by atoms with E-state index in [1.54, 1.807) is 22.3 Å². The van der Waals surface area contributed by atoms with Crippen LogP contribution in [0.2, 0.25) is 13.1 Å². The van der Waals surface area contributed by atoms with Gasteiger partial charge < -0.3 is 24.8 Å². The van der Waals surface area contributed by atoms with E-state index in [-0.39, 0.29) is 30.2 Å². The molecule has 232 valence electrons. The summed E-state index contributed by atoms with van der Waals surface area (Å²) >= 11 is -2.19. The van der Waals surface area contributed by atoms with E-state index in [0.717, 1.165) is 0 Å². The maximum atomic E-state index is 2.64. The molecule has 0 saturated heterocycles. The molecule has 2 atom stereocenters. The summed E-state index contributed by atoms with van der Waals surface area (Å²) in [5.74, 6) is 0.553. The van der Waals surface area contributed by atoms with Gasteiger partial charge in [0.2, 0.25) is 0 Å². The topological polar surface area (TPSA) is 0 Å². The first-order valence-corrected chi connectivity index (χ1v) is 25.0. The van der Waals surface area contributed by atoms with Gasteiger partial charge in [0, 0.05) is 0 Å². The van der Waals surface area contributed by atoms with E-state index in [1.807, 2.05) is 0 Å². The van der Waals surface area contributed by atoms with E-state index in [4.69, 9.17) is 0 Å². The van der Waals surface area contributed by atoms with Gasteiger partial charge in [-0.2, -0.15) is 0 Å². The molecule has 0 nitrogen and oxygen atoms in total. The molecule has 2 unspecified atom stereocenters. The number of fused-ring (bicyclic) bond motifs is 2. The molecule has 2 aliphatic carbocycles. The van der Waals surface area contributed by atoms with Gasteiger partial charge in [0.25, 0.3) is 0 Å². The van der Waals surface area contributed by atoms with Crippen LogP contribution in [0.3, 0.4) is 0 Å². The van der Waals surface area contributed by atoms with Crippen LogP contribution in [0.5, 0.6) is 0 Å². The first-order valence-electron chi connectivity index (χ1n) is 16.0. The second-order valence-electron chi connectivity index (χ2n) is 14.3. The molecule has 4 heteroatoms. The number of allylic oxidation sites excluding steroid dienone is 2. The normalized spacial score (nSPS) is 16.5. The minimum Gasteiger partial charge on any atom is -1.00 e. The van der Waals surface area contributed by atoms with Crippen LogP contribution in [0, 0.1) is 12.8 Å². The number of benzene rings is 4. The molecule has 0 amide bonds. The summed E-state index contributed by atoms with van der Waals surface area (Å²) in [4.78, 5) is 0. The number of halogens is 2. The smallest absolute Gasteiger partial charge is 1.00 e. The summed E-state index contributed by atoms with van der Waals surface area (Å²) in [6, 6.07) is 32.4. The van der Waals surface area contributed by atoms with Crippen molar-refractivity contribution < 1.29 is 45.2 Å². The third-order valence-corrected chi connectivity index (χ3v) is 29.3. The fourth-order valence-electron chi connectivity index (χ4n) is 7.51. The Morgan fingerprint density at radius 2 is 1.29 bits per heavy atom. The average molecular weight is 729 g/mol. The summed E-state index contributed by atoms with van der Waals surface area (Å²) < 4.78 is 1.27. The SMILES string of the molecule is CC1=Cc2c(-c3ccc(C(C)(C)C)cc3)ccc(C)c2[CH]1[Zr+2]([CH]1C(C(C)C)=Cc2c(-c3ccccc3)cccc21)=[Si](C)C.[Cl-].[Cl-]. The molecular formula is C41H46Cl2SiZr. The van der Waals surface area contributed by atoms with Crippen molar-refractivity contribution in [1.29, 1.82) is 0 Å². The Hall–Kier alpha value is -1.96. The predicted octanol–water partition coefficient (Wildman–Crippen LogP) is 5.76. The van der Waals surface area contributed by atoms with Gasteiger partial charge in [-0.25, -0.2) is 0 Å². The van der Waals surface area contributed by atoms with Crippen molar-refractivity contribution in [2.45, 2.75) is 74.2 Å². The molecule has 0 radical (unpaired) electrons.